The van der Waals surface area contributed by atoms with E-state index in [4.69, 9.17) is 9.15 Å². The highest BCUT2D eigenvalue weighted by Crippen LogP contribution is 2.16. The molecule has 0 spiro atoms. The highest BCUT2D eigenvalue weighted by atomic mass is 16.6. The maximum Gasteiger partial charge on any atom is 0.333 e. The van der Waals surface area contributed by atoms with E-state index in [-0.39, 0.29) is 0 Å². The molecule has 1 atom stereocenters. The molecule has 1 unspecified atom stereocenters. The predicted molar refractivity (Wildman–Crippen MR) is 66.1 cm³/mol. The van der Waals surface area contributed by atoms with Crippen molar-refractivity contribution in [2.45, 2.75) is 39.3 Å². The minimum Gasteiger partial charge on any atom is -0.461 e. The van der Waals surface area contributed by atoms with Gasteiger partial charge < -0.3 is 9.15 Å². The van der Waals surface area contributed by atoms with E-state index in [0.29, 0.717) is 11.6 Å². The monoisotopic (exact) mass is 264 g/mol. The van der Waals surface area contributed by atoms with E-state index in [0.717, 1.165) is 0 Å². The van der Waals surface area contributed by atoms with Crippen LogP contribution >= 0.6 is 0 Å². The summed E-state index contributed by atoms with van der Waals surface area (Å²) in [6.45, 7) is 7.07. The summed E-state index contributed by atoms with van der Waals surface area (Å²) in [6, 6.07) is 2.81. The fourth-order valence-corrected chi connectivity index (χ4v) is 1.37. The molecule has 102 valence electrons. The third kappa shape index (κ3) is 3.18. The second-order valence-corrected chi connectivity index (χ2v) is 5.12. The van der Waals surface area contributed by atoms with E-state index in [1.807, 2.05) is 0 Å². The van der Waals surface area contributed by atoms with Crippen LogP contribution < -0.4 is 0 Å². The van der Waals surface area contributed by atoms with Gasteiger partial charge in [-0.2, -0.15) is 0 Å². The van der Waals surface area contributed by atoms with Crippen LogP contribution in [0.1, 0.15) is 33.7 Å². The zero-order valence-corrected chi connectivity index (χ0v) is 11.3. The molecule has 7 nitrogen and oxygen atoms in total. The van der Waals surface area contributed by atoms with Crippen LogP contribution in [0, 0.1) is 0 Å². The second kappa shape index (κ2) is 4.83. The van der Waals surface area contributed by atoms with Crippen LogP contribution in [0.2, 0.25) is 0 Å². The number of hydrogen-bond donors (Lipinski definition) is 0. The number of tetrazole rings is 1. The SMILES string of the molecule is CC(C(=O)OC(C)(C)C)n1nnc(-c2ccco2)n1. The summed E-state index contributed by atoms with van der Waals surface area (Å²) < 4.78 is 10.4. The average molecular weight is 264 g/mol. The summed E-state index contributed by atoms with van der Waals surface area (Å²) >= 11 is 0. The lowest BCUT2D eigenvalue weighted by molar-refractivity contribution is -0.159. The molecule has 0 aromatic carbocycles. The van der Waals surface area contributed by atoms with Crippen molar-refractivity contribution in [2.24, 2.45) is 0 Å². The van der Waals surface area contributed by atoms with Crippen LogP contribution in [0.25, 0.3) is 11.6 Å². The zero-order chi connectivity index (χ0) is 14.0. The van der Waals surface area contributed by atoms with Crippen molar-refractivity contribution in [3.05, 3.63) is 18.4 Å². The van der Waals surface area contributed by atoms with Crippen molar-refractivity contribution >= 4 is 5.97 Å². The molecule has 0 radical (unpaired) electrons. The van der Waals surface area contributed by atoms with Crippen molar-refractivity contribution in [1.82, 2.24) is 20.2 Å². The molecule has 2 aromatic heterocycles. The Balaban J connectivity index is 2.12. The lowest BCUT2D eigenvalue weighted by atomic mass is 10.2. The van der Waals surface area contributed by atoms with Crippen molar-refractivity contribution in [2.75, 3.05) is 0 Å². The van der Waals surface area contributed by atoms with Gasteiger partial charge in [-0.3, -0.25) is 0 Å². The lowest BCUT2D eigenvalue weighted by Gasteiger charge is -2.21. The second-order valence-electron chi connectivity index (χ2n) is 5.12. The Morgan fingerprint density at radius 1 is 1.47 bits per heavy atom. The maximum atomic E-state index is 11.9. The summed E-state index contributed by atoms with van der Waals surface area (Å²) in [4.78, 5) is 13.1. The van der Waals surface area contributed by atoms with E-state index >= 15 is 0 Å². The first-order chi connectivity index (χ1) is 8.87. The standard InChI is InChI=1S/C12H16N4O3/c1-8(11(17)19-12(2,3)4)16-14-10(13-15-16)9-6-5-7-18-9/h5-8H,1-4H3. The number of rotatable bonds is 3. The van der Waals surface area contributed by atoms with Crippen LogP contribution in [-0.4, -0.2) is 31.8 Å². The Kier molecular flexibility index (Phi) is 3.37. The maximum absolute atomic E-state index is 11.9. The van der Waals surface area contributed by atoms with Crippen molar-refractivity contribution in [1.29, 1.82) is 0 Å². The van der Waals surface area contributed by atoms with Gasteiger partial charge in [-0.1, -0.05) is 0 Å². The molecule has 0 aliphatic carbocycles. The number of carbonyl (C=O) groups is 1. The van der Waals surface area contributed by atoms with E-state index in [9.17, 15) is 4.79 Å². The highest BCUT2D eigenvalue weighted by Gasteiger charge is 2.25. The van der Waals surface area contributed by atoms with Gasteiger partial charge in [0.2, 0.25) is 5.82 Å². The summed E-state index contributed by atoms with van der Waals surface area (Å²) in [5.41, 5.74) is -0.546. The highest BCUT2D eigenvalue weighted by molar-refractivity contribution is 5.73. The van der Waals surface area contributed by atoms with E-state index in [2.05, 4.69) is 15.4 Å². The van der Waals surface area contributed by atoms with Gasteiger partial charge in [0.1, 0.15) is 5.60 Å². The molecule has 0 saturated heterocycles. The predicted octanol–water partition coefficient (Wildman–Crippen LogP) is 1.84. The quantitative estimate of drug-likeness (QED) is 0.786. The van der Waals surface area contributed by atoms with Crippen LogP contribution in [0.15, 0.2) is 22.8 Å². The van der Waals surface area contributed by atoms with Gasteiger partial charge in [0, 0.05) is 0 Å². The van der Waals surface area contributed by atoms with Crippen molar-refractivity contribution in [3.8, 4) is 11.6 Å². The van der Waals surface area contributed by atoms with Gasteiger partial charge in [0.05, 0.1) is 6.26 Å². The molecule has 2 aromatic rings. The van der Waals surface area contributed by atoms with Gasteiger partial charge >= 0.3 is 5.97 Å². The Bertz CT molecular complexity index is 554. The molecular formula is C12H16N4O3. The molecule has 0 saturated carbocycles. The minimum absolute atomic E-state index is 0.334. The minimum atomic E-state index is -0.643. The molecule has 0 fully saturated rings. The third-order valence-corrected chi connectivity index (χ3v) is 2.26. The van der Waals surface area contributed by atoms with Gasteiger partial charge in [-0.25, -0.2) is 4.79 Å². The van der Waals surface area contributed by atoms with Crippen LogP contribution in [-0.2, 0) is 9.53 Å². The zero-order valence-electron chi connectivity index (χ0n) is 11.3. The average Bonchev–Trinajstić information content (AvgIpc) is 2.96. The Morgan fingerprint density at radius 3 is 2.79 bits per heavy atom. The molecular weight excluding hydrogens is 248 g/mol. The topological polar surface area (TPSA) is 83.0 Å². The molecule has 0 aliphatic rings. The first-order valence-corrected chi connectivity index (χ1v) is 5.93. The van der Waals surface area contributed by atoms with Gasteiger partial charge in [-0.05, 0) is 45.0 Å². The molecule has 2 heterocycles. The fraction of sp³-hybridized carbons (Fsp3) is 0.500. The molecule has 0 N–H and O–H groups in total. The van der Waals surface area contributed by atoms with Gasteiger partial charge in [0.25, 0.3) is 0 Å². The molecule has 7 heteroatoms. The Hall–Kier alpha value is -2.18. The molecule has 0 bridgehead atoms. The lowest BCUT2D eigenvalue weighted by Crippen LogP contribution is -2.30. The number of nitrogens with zero attached hydrogens (tertiary/aromatic N) is 4. The normalized spacial score (nSPS) is 13.3. The third-order valence-electron chi connectivity index (χ3n) is 2.26. The first kappa shape index (κ1) is 13.3. The first-order valence-electron chi connectivity index (χ1n) is 5.93. The van der Waals surface area contributed by atoms with Gasteiger partial charge in [0.15, 0.2) is 11.8 Å². The number of ether oxygens (including phenoxy) is 1. The Morgan fingerprint density at radius 2 is 2.21 bits per heavy atom. The number of carbonyl (C=O) groups excluding carboxylic acids is 1. The number of aromatic nitrogens is 4. The summed E-state index contributed by atoms with van der Waals surface area (Å²) in [5, 5.41) is 11.8. The van der Waals surface area contributed by atoms with Crippen LogP contribution in [0.3, 0.4) is 0 Å². The van der Waals surface area contributed by atoms with E-state index in [1.165, 1.54) is 11.1 Å². The number of esters is 1. The molecule has 19 heavy (non-hydrogen) atoms. The number of furan rings is 1. The number of hydrogen-bond acceptors (Lipinski definition) is 6. The van der Waals surface area contributed by atoms with Gasteiger partial charge in [-0.15, -0.1) is 15.0 Å². The summed E-state index contributed by atoms with van der Waals surface area (Å²) in [7, 11) is 0. The van der Waals surface area contributed by atoms with Crippen LogP contribution in [0.4, 0.5) is 0 Å². The largest absolute Gasteiger partial charge is 0.461 e. The molecule has 2 rings (SSSR count). The summed E-state index contributed by atoms with van der Waals surface area (Å²) in [6.07, 6.45) is 1.52. The molecule has 0 amide bonds. The Labute approximate surface area is 110 Å². The van der Waals surface area contributed by atoms with Crippen molar-refractivity contribution in [3.63, 3.8) is 0 Å². The smallest absolute Gasteiger partial charge is 0.333 e. The van der Waals surface area contributed by atoms with E-state index in [1.54, 1.807) is 39.8 Å². The summed E-state index contributed by atoms with van der Waals surface area (Å²) in [5.74, 6) is 0.430. The van der Waals surface area contributed by atoms with E-state index < -0.39 is 17.6 Å². The fourth-order valence-electron chi connectivity index (χ4n) is 1.37. The van der Waals surface area contributed by atoms with Crippen molar-refractivity contribution < 1.29 is 13.9 Å². The molecule has 0 aliphatic heterocycles. The van der Waals surface area contributed by atoms with Crippen LogP contribution in [0.5, 0.6) is 0 Å².